The van der Waals surface area contributed by atoms with Crippen LogP contribution in [0.5, 0.6) is 0 Å². The van der Waals surface area contributed by atoms with E-state index in [1.807, 2.05) is 20.8 Å². The fourth-order valence-electron chi connectivity index (χ4n) is 2.77. The average Bonchev–Trinajstić information content (AvgIpc) is 2.94. The van der Waals surface area contributed by atoms with Crippen LogP contribution in [-0.4, -0.2) is 68.3 Å². The van der Waals surface area contributed by atoms with Gasteiger partial charge in [0, 0.05) is 19.6 Å². The Labute approximate surface area is 232 Å². The highest BCUT2D eigenvalue weighted by Gasteiger charge is 2.41. The van der Waals surface area contributed by atoms with Gasteiger partial charge in [0.05, 0.1) is 0 Å². The second-order valence-electron chi connectivity index (χ2n) is 8.87. The van der Waals surface area contributed by atoms with Crippen LogP contribution in [-0.2, 0) is 28.5 Å². The first-order valence-corrected chi connectivity index (χ1v) is 13.4. The molecule has 3 N–H and O–H groups in total. The number of unbranched alkanes of at least 4 members (excludes halogenated alkanes) is 3. The van der Waals surface area contributed by atoms with Crippen molar-refractivity contribution in [1.29, 1.82) is 0 Å². The summed E-state index contributed by atoms with van der Waals surface area (Å²) in [6.45, 7) is 11.1. The van der Waals surface area contributed by atoms with E-state index in [9.17, 15) is 0 Å². The Morgan fingerprint density at radius 1 is 0.575 bits per heavy atom. The molecule has 0 fully saturated rings. The molecule has 0 amide bonds. The average molecular weight is 573 g/mol. The normalized spacial score (nSPS) is 30.2. The molecule has 226 valence electrons. The number of hydrogen-bond acceptors (Lipinski definition) is 12. The van der Waals surface area contributed by atoms with Gasteiger partial charge >= 0.3 is 14.1 Å². The molecule has 3 rings (SSSR count). The Balaban J connectivity index is 2.63. The Hall–Kier alpha value is -3.31. The molecule has 0 aromatic rings. The molecular weight excluding hydrogens is 534 g/mol. The minimum absolute atomic E-state index is 0.0486. The van der Waals surface area contributed by atoms with Gasteiger partial charge in [-0.15, -0.1) is 15.5 Å². The fraction of sp³-hybridized carbons (Fsp3) is 0.714. The number of nitrogens with one attached hydrogen (secondary N) is 3. The number of rotatable bonds is 9. The molecule has 0 aliphatic carbocycles. The van der Waals surface area contributed by atoms with E-state index in [1.165, 1.54) is 20.8 Å². The third-order valence-electron chi connectivity index (χ3n) is 5.21. The molecule has 19 heteroatoms. The zero-order valence-electron chi connectivity index (χ0n) is 23.9. The van der Waals surface area contributed by atoms with Gasteiger partial charge in [0.2, 0.25) is 0 Å². The van der Waals surface area contributed by atoms with Crippen molar-refractivity contribution in [1.82, 2.24) is 16.4 Å². The van der Waals surface area contributed by atoms with E-state index in [2.05, 4.69) is 46.9 Å². The lowest BCUT2D eigenvalue weighted by Crippen LogP contribution is -2.53. The molecule has 3 aliphatic heterocycles. The molecule has 0 radical (unpaired) electrons. The summed E-state index contributed by atoms with van der Waals surface area (Å²) < 4.78 is 62.4. The molecule has 0 spiro atoms. The smallest absolute Gasteiger partial charge is 0.532 e. The van der Waals surface area contributed by atoms with Crippen LogP contribution in [0.2, 0.25) is 0 Å². The molecule has 0 aromatic heterocycles. The number of amidine groups is 3. The zero-order valence-corrected chi connectivity index (χ0v) is 23.9. The van der Waals surface area contributed by atoms with Gasteiger partial charge in [0.1, 0.15) is 17.1 Å². The van der Waals surface area contributed by atoms with Crippen molar-refractivity contribution < 1.29 is 37.2 Å². The van der Waals surface area contributed by atoms with Crippen molar-refractivity contribution in [2.45, 2.75) is 80.1 Å². The largest absolute Gasteiger partial charge is 0.750 e. The Bertz CT molecular complexity index is 965. The second-order valence-corrected chi connectivity index (χ2v) is 8.87. The van der Waals surface area contributed by atoms with Crippen molar-refractivity contribution in [2.24, 2.45) is 30.4 Å². The first-order valence-electron chi connectivity index (χ1n) is 13.4. The van der Waals surface area contributed by atoms with Crippen LogP contribution in [0.25, 0.3) is 0 Å². The summed E-state index contributed by atoms with van der Waals surface area (Å²) in [5.41, 5.74) is 6.77. The van der Waals surface area contributed by atoms with Crippen LogP contribution < -0.4 is 16.4 Å². The Kier molecular flexibility index (Phi) is 13.7. The van der Waals surface area contributed by atoms with Gasteiger partial charge < -0.3 is 37.2 Å². The summed E-state index contributed by atoms with van der Waals surface area (Å²) in [7, 11) is -8.44. The molecule has 40 heavy (non-hydrogen) atoms. The number of hydroxylamine groups is 3. The van der Waals surface area contributed by atoms with Crippen molar-refractivity contribution in [2.75, 3.05) is 19.6 Å². The van der Waals surface area contributed by atoms with Gasteiger partial charge in [-0.3, -0.25) is 31.4 Å². The molecule has 2 unspecified atom stereocenters. The quantitative estimate of drug-likeness (QED) is 0.278. The predicted molar refractivity (Wildman–Crippen MR) is 151 cm³/mol. The summed E-state index contributed by atoms with van der Waals surface area (Å²) >= 11 is 0. The summed E-state index contributed by atoms with van der Waals surface area (Å²) in [6.07, 6.45) is 4.58. The zero-order chi connectivity index (χ0) is 29.4. The van der Waals surface area contributed by atoms with Gasteiger partial charge in [-0.2, -0.15) is 0 Å². The highest BCUT2D eigenvalue weighted by Crippen LogP contribution is 2.15. The monoisotopic (exact) mass is 573 g/mol. The number of aliphatic imine (C=N–C) groups is 3. The van der Waals surface area contributed by atoms with Gasteiger partial charge in [-0.05, 0) is 40.0 Å². The summed E-state index contributed by atoms with van der Waals surface area (Å²) in [5.74, 6) is -0.324. The van der Waals surface area contributed by atoms with Crippen LogP contribution in [0.4, 0.5) is 8.63 Å². The lowest BCUT2D eigenvalue weighted by Gasteiger charge is -2.34. The molecule has 3 aliphatic rings. The molecule has 0 aromatic carbocycles. The van der Waals surface area contributed by atoms with Gasteiger partial charge in [0.25, 0.3) is 0 Å². The molecule has 3 heterocycles. The van der Waals surface area contributed by atoms with Crippen molar-refractivity contribution >= 4 is 48.7 Å². The highest BCUT2D eigenvalue weighted by atomic mass is 19.1. The van der Waals surface area contributed by atoms with Crippen LogP contribution in [0.15, 0.2) is 30.4 Å². The van der Waals surface area contributed by atoms with Gasteiger partial charge in [-0.1, -0.05) is 40.0 Å². The topological polar surface area (TPSA) is 166 Å². The van der Waals surface area contributed by atoms with E-state index in [0.29, 0.717) is 38.9 Å². The van der Waals surface area contributed by atoms with Crippen molar-refractivity contribution in [3.8, 4) is 0 Å². The molecule has 0 saturated heterocycles. The second kappa shape index (κ2) is 16.7. The van der Waals surface area contributed by atoms with E-state index >= 15 is 8.63 Å². The number of nitrogens with zero attached hydrogens (tertiary/aromatic N) is 6. The summed E-state index contributed by atoms with van der Waals surface area (Å²) in [5, 5.41) is 11.2. The number of fused-ring (bicyclic) bond motifs is 12. The fourth-order valence-corrected chi connectivity index (χ4v) is 2.77. The van der Waals surface area contributed by atoms with E-state index in [4.69, 9.17) is 28.5 Å². The molecule has 0 saturated carbocycles. The third-order valence-corrected chi connectivity index (χ3v) is 5.21. The molecule has 2 bridgehead atoms. The highest BCUT2D eigenvalue weighted by molar-refractivity contribution is 6.55. The van der Waals surface area contributed by atoms with E-state index in [1.54, 1.807) is 0 Å². The Morgan fingerprint density at radius 2 is 0.875 bits per heavy atom. The van der Waals surface area contributed by atoms with Gasteiger partial charge in [-0.25, -0.2) is 0 Å². The molecule has 15 nitrogen and oxygen atoms in total. The summed E-state index contributed by atoms with van der Waals surface area (Å²) in [6, 6.07) is 0. The standard InChI is InChI=1S/C21H39B2F2N9O6/c1-7-10-13-26-19-18(6)31-37-23(25)39-33-20(27-14-11-8-2)16(4)29-35-22(24,38-32-19)36-30-17(5)21(34-40-23)28-15-12-9-3/h7-15H2,1-6H3,(H,26,32)(H,27,33)(H,28,34)/q-2/b29-16-,30-17?,31-18-. The number of oxime groups is 3. The lowest BCUT2D eigenvalue weighted by atomic mass is 10.1. The van der Waals surface area contributed by atoms with E-state index < -0.39 is 14.1 Å². The maximum absolute atomic E-state index is 16.0. The Morgan fingerprint density at radius 3 is 1.20 bits per heavy atom. The van der Waals surface area contributed by atoms with Crippen LogP contribution in [0, 0.1) is 0 Å². The number of halogens is 2. The van der Waals surface area contributed by atoms with Crippen molar-refractivity contribution in [3.63, 3.8) is 0 Å². The van der Waals surface area contributed by atoms with Gasteiger partial charge in [0.15, 0.2) is 17.5 Å². The minimum atomic E-state index is -4.23. The van der Waals surface area contributed by atoms with E-state index in [0.717, 1.165) is 19.3 Å². The molecule has 2 atom stereocenters. The van der Waals surface area contributed by atoms with Crippen LogP contribution in [0.1, 0.15) is 80.1 Å². The third kappa shape index (κ3) is 11.1. The lowest BCUT2D eigenvalue weighted by molar-refractivity contribution is -0.0145. The van der Waals surface area contributed by atoms with Crippen LogP contribution in [0.3, 0.4) is 0 Å². The van der Waals surface area contributed by atoms with E-state index in [-0.39, 0.29) is 34.6 Å². The number of hydrogen-bond donors (Lipinski definition) is 3. The maximum atomic E-state index is 16.0. The predicted octanol–water partition coefficient (Wildman–Crippen LogP) is 3.16. The van der Waals surface area contributed by atoms with Crippen LogP contribution >= 0.6 is 0 Å². The molecular formula is C21H39B2F2N9O6-2. The maximum Gasteiger partial charge on any atom is 0.750 e. The summed E-state index contributed by atoms with van der Waals surface area (Å²) in [4.78, 5) is 12.8. The first-order chi connectivity index (χ1) is 19.1. The SMILES string of the molecule is CCCCN=C1NO[B-]2(F)O/N=C(/C)C(=NCCCC)NO[B-](F)(ON=C1C)O/N=C(/C)C(=NCCCC)NO2. The minimum Gasteiger partial charge on any atom is -0.532 e. The van der Waals surface area contributed by atoms with Crippen molar-refractivity contribution in [3.05, 3.63) is 0 Å². The first kappa shape index (κ1) is 32.9.